The van der Waals surface area contributed by atoms with Crippen LogP contribution in [0.2, 0.25) is 0 Å². The molecule has 13 heavy (non-hydrogen) atoms. The summed E-state index contributed by atoms with van der Waals surface area (Å²) in [5.74, 6) is -0.324. The van der Waals surface area contributed by atoms with Crippen molar-refractivity contribution in [3.8, 4) is 6.07 Å². The molecule has 5 heteroatoms. The molecule has 1 heterocycles. The van der Waals surface area contributed by atoms with Crippen LogP contribution in [0.15, 0.2) is 0 Å². The van der Waals surface area contributed by atoms with Gasteiger partial charge in [0.25, 0.3) is 5.91 Å². The molecule has 70 valence electrons. The predicted molar refractivity (Wildman–Crippen MR) is 44.6 cm³/mol. The number of nitrogens with one attached hydrogen (secondary N) is 1. The Hall–Kier alpha value is -1.57. The Balaban J connectivity index is 2.97. The van der Waals surface area contributed by atoms with Gasteiger partial charge in [-0.25, -0.2) is 4.79 Å². The van der Waals surface area contributed by atoms with Gasteiger partial charge in [-0.2, -0.15) is 5.26 Å². The third-order valence-corrected chi connectivity index (χ3v) is 2.47. The van der Waals surface area contributed by atoms with E-state index >= 15 is 0 Å². The van der Waals surface area contributed by atoms with Gasteiger partial charge in [0.1, 0.15) is 12.1 Å². The number of urea groups is 1. The Morgan fingerprint density at radius 1 is 1.62 bits per heavy atom. The summed E-state index contributed by atoms with van der Waals surface area (Å²) in [6, 6.07) is 1.39. The van der Waals surface area contributed by atoms with E-state index in [4.69, 9.17) is 5.26 Å². The molecule has 0 spiro atoms. The van der Waals surface area contributed by atoms with Gasteiger partial charge in [0, 0.05) is 0 Å². The molecule has 5 nitrogen and oxygen atoms in total. The molecule has 1 aliphatic rings. The Bertz CT molecular complexity index is 294. The van der Waals surface area contributed by atoms with Gasteiger partial charge in [0.05, 0.1) is 6.07 Å². The maximum Gasteiger partial charge on any atom is 0.325 e. The van der Waals surface area contributed by atoms with Gasteiger partial charge in [0.2, 0.25) is 0 Å². The highest BCUT2D eigenvalue weighted by atomic mass is 16.2. The summed E-state index contributed by atoms with van der Waals surface area (Å²) in [5.41, 5.74) is -0.854. The maximum atomic E-state index is 11.3. The van der Waals surface area contributed by atoms with Gasteiger partial charge in [-0.15, -0.1) is 0 Å². The lowest BCUT2D eigenvalue weighted by atomic mass is 9.98. The fourth-order valence-electron chi connectivity index (χ4n) is 1.31. The molecular weight excluding hydrogens is 170 g/mol. The van der Waals surface area contributed by atoms with Crippen molar-refractivity contribution in [2.75, 3.05) is 6.54 Å². The fraction of sp³-hybridized carbons (Fsp3) is 0.625. The van der Waals surface area contributed by atoms with Crippen molar-refractivity contribution in [2.45, 2.75) is 25.8 Å². The first-order valence-corrected chi connectivity index (χ1v) is 4.06. The number of nitrogens with zero attached hydrogens (tertiary/aromatic N) is 2. The Labute approximate surface area is 76.3 Å². The number of hydrogen-bond donors (Lipinski definition) is 1. The summed E-state index contributed by atoms with van der Waals surface area (Å²) >= 11 is 0. The Kier molecular flexibility index (Phi) is 2.24. The highest BCUT2D eigenvalue weighted by Gasteiger charge is 2.47. The van der Waals surface area contributed by atoms with E-state index < -0.39 is 11.6 Å². The van der Waals surface area contributed by atoms with Gasteiger partial charge in [0.15, 0.2) is 0 Å². The second-order valence-electron chi connectivity index (χ2n) is 3.13. The average molecular weight is 181 g/mol. The summed E-state index contributed by atoms with van der Waals surface area (Å²) in [7, 11) is 0. The van der Waals surface area contributed by atoms with Crippen LogP contribution in [0.4, 0.5) is 4.79 Å². The highest BCUT2D eigenvalue weighted by molar-refractivity contribution is 6.06. The summed E-state index contributed by atoms with van der Waals surface area (Å²) in [4.78, 5) is 23.8. The Morgan fingerprint density at radius 2 is 2.23 bits per heavy atom. The minimum atomic E-state index is -0.854. The van der Waals surface area contributed by atoms with E-state index in [-0.39, 0.29) is 12.5 Å². The topological polar surface area (TPSA) is 73.2 Å². The number of rotatable bonds is 2. The molecule has 0 aliphatic carbocycles. The first-order valence-electron chi connectivity index (χ1n) is 4.06. The summed E-state index contributed by atoms with van der Waals surface area (Å²) in [6.07, 6.45) is 0.506. The van der Waals surface area contributed by atoms with Crippen molar-refractivity contribution in [2.24, 2.45) is 0 Å². The van der Waals surface area contributed by atoms with Crippen LogP contribution >= 0.6 is 0 Å². The van der Waals surface area contributed by atoms with E-state index in [1.54, 1.807) is 6.92 Å². The number of amides is 3. The van der Waals surface area contributed by atoms with Crippen LogP contribution in [0.25, 0.3) is 0 Å². The zero-order valence-electron chi connectivity index (χ0n) is 7.63. The smallest absolute Gasteiger partial charge is 0.297 e. The van der Waals surface area contributed by atoms with Gasteiger partial charge in [-0.05, 0) is 13.3 Å². The van der Waals surface area contributed by atoms with E-state index in [9.17, 15) is 9.59 Å². The normalized spacial score (nSPS) is 27.3. The minimum absolute atomic E-state index is 0.0537. The second kappa shape index (κ2) is 3.05. The quantitative estimate of drug-likeness (QED) is 0.489. The highest BCUT2D eigenvalue weighted by Crippen LogP contribution is 2.24. The van der Waals surface area contributed by atoms with Crippen molar-refractivity contribution in [3.05, 3.63) is 0 Å². The Morgan fingerprint density at radius 3 is 2.69 bits per heavy atom. The van der Waals surface area contributed by atoms with Crippen molar-refractivity contribution >= 4 is 11.9 Å². The average Bonchev–Trinajstić information content (AvgIpc) is 2.31. The first-order chi connectivity index (χ1) is 6.06. The molecule has 1 N–H and O–H groups in total. The van der Waals surface area contributed by atoms with Crippen molar-refractivity contribution in [1.82, 2.24) is 10.2 Å². The molecule has 0 aromatic heterocycles. The molecule has 0 radical (unpaired) electrons. The zero-order chi connectivity index (χ0) is 10.1. The van der Waals surface area contributed by atoms with Gasteiger partial charge >= 0.3 is 6.03 Å². The van der Waals surface area contributed by atoms with Crippen molar-refractivity contribution in [3.63, 3.8) is 0 Å². The molecule has 1 saturated heterocycles. The standard InChI is InChI=1S/C8H11N3O2/c1-3-8(2)6(12)10-7(13)11(8)5-4-9/h3,5H2,1-2H3,(H,10,12,13). The molecule has 1 aliphatic heterocycles. The van der Waals surface area contributed by atoms with E-state index in [1.807, 2.05) is 13.0 Å². The molecule has 1 atom stereocenters. The lowest BCUT2D eigenvalue weighted by molar-refractivity contribution is -0.125. The second-order valence-corrected chi connectivity index (χ2v) is 3.13. The van der Waals surface area contributed by atoms with E-state index in [2.05, 4.69) is 5.32 Å². The minimum Gasteiger partial charge on any atom is -0.297 e. The number of nitriles is 1. The largest absolute Gasteiger partial charge is 0.325 e. The zero-order valence-corrected chi connectivity index (χ0v) is 7.63. The van der Waals surface area contributed by atoms with Crippen LogP contribution in [-0.4, -0.2) is 28.9 Å². The van der Waals surface area contributed by atoms with Gasteiger partial charge in [-0.3, -0.25) is 15.0 Å². The first kappa shape index (κ1) is 9.52. The number of carbonyl (C=O) groups excluding carboxylic acids is 2. The van der Waals surface area contributed by atoms with Crippen LogP contribution in [0.5, 0.6) is 0 Å². The van der Waals surface area contributed by atoms with Crippen LogP contribution in [-0.2, 0) is 4.79 Å². The van der Waals surface area contributed by atoms with Crippen LogP contribution in [0.1, 0.15) is 20.3 Å². The van der Waals surface area contributed by atoms with Crippen LogP contribution < -0.4 is 5.32 Å². The SMILES string of the molecule is CCC1(C)C(=O)NC(=O)N1CC#N. The van der Waals surface area contributed by atoms with E-state index in [0.717, 1.165) is 0 Å². The van der Waals surface area contributed by atoms with Gasteiger partial charge < -0.3 is 0 Å². The summed E-state index contributed by atoms with van der Waals surface area (Å²) in [5, 5.41) is 10.7. The van der Waals surface area contributed by atoms with Gasteiger partial charge in [-0.1, -0.05) is 6.92 Å². The third-order valence-electron chi connectivity index (χ3n) is 2.47. The fourth-order valence-corrected chi connectivity index (χ4v) is 1.31. The lowest BCUT2D eigenvalue weighted by Crippen LogP contribution is -2.46. The molecule has 1 unspecified atom stereocenters. The number of carbonyl (C=O) groups is 2. The molecule has 0 bridgehead atoms. The molecule has 0 aromatic carbocycles. The molecular formula is C8H11N3O2. The predicted octanol–water partition coefficient (Wildman–Crippen LogP) is 0.230. The molecule has 1 fully saturated rings. The van der Waals surface area contributed by atoms with Crippen molar-refractivity contribution < 1.29 is 9.59 Å². The molecule has 0 aromatic rings. The van der Waals surface area contributed by atoms with Crippen LogP contribution in [0.3, 0.4) is 0 Å². The maximum absolute atomic E-state index is 11.3. The van der Waals surface area contributed by atoms with E-state index in [1.165, 1.54) is 4.90 Å². The summed E-state index contributed by atoms with van der Waals surface area (Å²) in [6.45, 7) is 3.41. The molecule has 3 amide bonds. The lowest BCUT2D eigenvalue weighted by Gasteiger charge is -2.28. The van der Waals surface area contributed by atoms with E-state index in [0.29, 0.717) is 6.42 Å². The third kappa shape index (κ3) is 1.24. The van der Waals surface area contributed by atoms with Crippen molar-refractivity contribution in [1.29, 1.82) is 5.26 Å². The monoisotopic (exact) mass is 181 g/mol. The number of hydrogen-bond acceptors (Lipinski definition) is 3. The molecule has 0 saturated carbocycles. The summed E-state index contributed by atoms with van der Waals surface area (Å²) < 4.78 is 0. The number of imide groups is 1. The van der Waals surface area contributed by atoms with Crippen LogP contribution in [0, 0.1) is 11.3 Å². The molecule has 1 rings (SSSR count).